The molecule has 14 heavy (non-hydrogen) atoms. The van der Waals surface area contributed by atoms with Crippen LogP contribution in [-0.2, 0) is 6.54 Å². The first-order valence-electron chi connectivity index (χ1n) is 4.20. The van der Waals surface area contributed by atoms with Crippen LogP contribution in [0.5, 0.6) is 5.75 Å². The fourth-order valence-electron chi connectivity index (χ4n) is 1.09. The molecule has 0 atom stereocenters. The fraction of sp³-hybridized carbons (Fsp3) is 0.300. The Morgan fingerprint density at radius 1 is 1.57 bits per heavy atom. The molecule has 0 aliphatic rings. The van der Waals surface area contributed by atoms with Gasteiger partial charge in [-0.2, -0.15) is 5.26 Å². The Balaban J connectivity index is 2.75. The smallest absolute Gasteiger partial charge is 0.174 e. The topological polar surface area (TPSA) is 45.0 Å². The molecule has 3 nitrogen and oxygen atoms in total. The summed E-state index contributed by atoms with van der Waals surface area (Å²) >= 11 is 5.94. The lowest BCUT2D eigenvalue weighted by molar-refractivity contribution is 0.368. The normalized spacial score (nSPS) is 9.50. The molecular formula is C10H11ClN2O. The van der Waals surface area contributed by atoms with Gasteiger partial charge >= 0.3 is 0 Å². The van der Waals surface area contributed by atoms with Crippen LogP contribution in [0.4, 0.5) is 0 Å². The number of benzene rings is 1. The van der Waals surface area contributed by atoms with Crippen molar-refractivity contribution in [3.05, 3.63) is 28.8 Å². The van der Waals surface area contributed by atoms with Gasteiger partial charge in [-0.1, -0.05) is 17.7 Å². The third-order valence-corrected chi connectivity index (χ3v) is 1.96. The predicted octanol–water partition coefficient (Wildman–Crippen LogP) is 1.96. The van der Waals surface area contributed by atoms with Crippen LogP contribution in [0, 0.1) is 11.3 Å². The van der Waals surface area contributed by atoms with Crippen LogP contribution >= 0.6 is 11.6 Å². The zero-order valence-corrected chi connectivity index (χ0v) is 8.64. The maximum absolute atomic E-state index is 8.33. The molecule has 0 spiro atoms. The van der Waals surface area contributed by atoms with Gasteiger partial charge < -0.3 is 10.1 Å². The number of nitrogens with one attached hydrogen (secondary N) is 1. The molecule has 0 amide bonds. The average molecular weight is 211 g/mol. The first-order valence-corrected chi connectivity index (χ1v) is 4.58. The minimum absolute atomic E-state index is 0.0189. The second-order valence-electron chi connectivity index (χ2n) is 2.74. The molecule has 0 aromatic heterocycles. The molecule has 0 saturated heterocycles. The van der Waals surface area contributed by atoms with E-state index < -0.39 is 0 Å². The summed E-state index contributed by atoms with van der Waals surface area (Å²) in [6.07, 6.45) is 0. The largest absolute Gasteiger partial charge is 0.477 e. The molecule has 0 aliphatic carbocycles. The van der Waals surface area contributed by atoms with Gasteiger partial charge in [0.25, 0.3) is 0 Å². The Bertz CT molecular complexity index is 346. The van der Waals surface area contributed by atoms with Crippen molar-refractivity contribution >= 4 is 11.6 Å². The minimum atomic E-state index is 0.0189. The van der Waals surface area contributed by atoms with Crippen LogP contribution in [0.2, 0.25) is 5.02 Å². The number of hydrogen-bond acceptors (Lipinski definition) is 3. The molecule has 0 radical (unpaired) electrons. The van der Waals surface area contributed by atoms with Crippen molar-refractivity contribution in [3.8, 4) is 11.8 Å². The molecule has 0 unspecified atom stereocenters. The van der Waals surface area contributed by atoms with Crippen LogP contribution in [0.3, 0.4) is 0 Å². The molecule has 74 valence electrons. The SMILES string of the molecule is CNCc1ccc(OCC#N)c(Cl)c1. The molecule has 1 N–H and O–H groups in total. The van der Waals surface area contributed by atoms with Gasteiger partial charge in [0.05, 0.1) is 5.02 Å². The third kappa shape index (κ3) is 2.91. The van der Waals surface area contributed by atoms with Gasteiger partial charge in [0.15, 0.2) is 6.61 Å². The predicted molar refractivity (Wildman–Crippen MR) is 55.3 cm³/mol. The lowest BCUT2D eigenvalue weighted by Gasteiger charge is -2.06. The highest BCUT2D eigenvalue weighted by Gasteiger charge is 2.01. The lowest BCUT2D eigenvalue weighted by Crippen LogP contribution is -2.05. The average Bonchev–Trinajstić information content (AvgIpc) is 2.17. The molecule has 1 aromatic carbocycles. The van der Waals surface area contributed by atoms with Crippen molar-refractivity contribution in [2.75, 3.05) is 13.7 Å². The van der Waals surface area contributed by atoms with Crippen LogP contribution in [0.25, 0.3) is 0 Å². The van der Waals surface area contributed by atoms with Gasteiger partial charge in [0.2, 0.25) is 0 Å². The zero-order chi connectivity index (χ0) is 10.4. The summed E-state index contributed by atoms with van der Waals surface area (Å²) in [5, 5.41) is 11.9. The van der Waals surface area contributed by atoms with Gasteiger partial charge in [0, 0.05) is 6.54 Å². The van der Waals surface area contributed by atoms with Crippen LogP contribution in [-0.4, -0.2) is 13.7 Å². The summed E-state index contributed by atoms with van der Waals surface area (Å²) in [7, 11) is 1.87. The van der Waals surface area contributed by atoms with Gasteiger partial charge in [-0.25, -0.2) is 0 Å². The van der Waals surface area contributed by atoms with E-state index >= 15 is 0 Å². The van der Waals surface area contributed by atoms with E-state index in [1.807, 2.05) is 25.2 Å². The van der Waals surface area contributed by atoms with Crippen molar-refractivity contribution in [3.63, 3.8) is 0 Å². The molecule has 0 fully saturated rings. The highest BCUT2D eigenvalue weighted by atomic mass is 35.5. The van der Waals surface area contributed by atoms with Crippen LogP contribution in [0.15, 0.2) is 18.2 Å². The highest BCUT2D eigenvalue weighted by molar-refractivity contribution is 6.32. The maximum atomic E-state index is 8.33. The second-order valence-corrected chi connectivity index (χ2v) is 3.15. The van der Waals surface area contributed by atoms with E-state index in [0.717, 1.165) is 12.1 Å². The summed E-state index contributed by atoms with van der Waals surface area (Å²) < 4.78 is 5.11. The number of nitriles is 1. The summed E-state index contributed by atoms with van der Waals surface area (Å²) in [5.74, 6) is 0.549. The first-order chi connectivity index (χ1) is 6.77. The monoisotopic (exact) mass is 210 g/mol. The van der Waals surface area contributed by atoms with Crippen molar-refractivity contribution in [2.24, 2.45) is 0 Å². The first kappa shape index (κ1) is 10.8. The summed E-state index contributed by atoms with van der Waals surface area (Å²) in [5.41, 5.74) is 1.09. The van der Waals surface area contributed by atoms with Crippen molar-refractivity contribution in [1.29, 1.82) is 5.26 Å². The molecular weight excluding hydrogens is 200 g/mol. The van der Waals surface area contributed by atoms with Crippen LogP contribution in [0.1, 0.15) is 5.56 Å². The summed E-state index contributed by atoms with van der Waals surface area (Å²) in [6, 6.07) is 7.40. The summed E-state index contributed by atoms with van der Waals surface area (Å²) in [6.45, 7) is 0.781. The zero-order valence-electron chi connectivity index (χ0n) is 7.88. The van der Waals surface area contributed by atoms with Gasteiger partial charge in [-0.15, -0.1) is 0 Å². The summed E-state index contributed by atoms with van der Waals surface area (Å²) in [4.78, 5) is 0. The maximum Gasteiger partial charge on any atom is 0.174 e. The third-order valence-electron chi connectivity index (χ3n) is 1.67. The molecule has 1 rings (SSSR count). The van der Waals surface area contributed by atoms with Crippen molar-refractivity contribution in [2.45, 2.75) is 6.54 Å². The van der Waals surface area contributed by atoms with E-state index in [1.54, 1.807) is 6.07 Å². The van der Waals surface area contributed by atoms with Gasteiger partial charge in [-0.05, 0) is 24.7 Å². The number of ether oxygens (including phenoxy) is 1. The van der Waals surface area contributed by atoms with E-state index in [-0.39, 0.29) is 6.61 Å². The fourth-order valence-corrected chi connectivity index (χ4v) is 1.34. The quantitative estimate of drug-likeness (QED) is 0.827. The Kier molecular flexibility index (Phi) is 4.24. The Hall–Kier alpha value is -1.24. The van der Waals surface area contributed by atoms with Crippen molar-refractivity contribution < 1.29 is 4.74 Å². The Morgan fingerprint density at radius 2 is 2.36 bits per heavy atom. The molecule has 4 heteroatoms. The number of halogens is 1. The molecule has 0 heterocycles. The Morgan fingerprint density at radius 3 is 2.93 bits per heavy atom. The number of hydrogen-bond donors (Lipinski definition) is 1. The molecule has 1 aromatic rings. The van der Waals surface area contributed by atoms with E-state index in [1.165, 1.54) is 0 Å². The second kappa shape index (κ2) is 5.48. The standard InChI is InChI=1S/C10H11ClN2O/c1-13-7-8-2-3-10(9(11)6-8)14-5-4-12/h2-3,6,13H,5,7H2,1H3. The van der Waals surface area contributed by atoms with Crippen molar-refractivity contribution in [1.82, 2.24) is 5.32 Å². The van der Waals surface area contributed by atoms with Crippen LogP contribution < -0.4 is 10.1 Å². The van der Waals surface area contributed by atoms with E-state index in [4.69, 9.17) is 21.6 Å². The molecule has 0 bridgehead atoms. The number of rotatable bonds is 4. The van der Waals surface area contributed by atoms with Gasteiger partial charge in [-0.3, -0.25) is 0 Å². The Labute approximate surface area is 88.3 Å². The highest BCUT2D eigenvalue weighted by Crippen LogP contribution is 2.25. The van der Waals surface area contributed by atoms with E-state index in [2.05, 4.69) is 5.32 Å². The number of nitrogens with zero attached hydrogens (tertiary/aromatic N) is 1. The minimum Gasteiger partial charge on any atom is -0.477 e. The van der Waals surface area contributed by atoms with E-state index in [0.29, 0.717) is 10.8 Å². The molecule has 0 saturated carbocycles. The molecule has 0 aliphatic heterocycles. The lowest BCUT2D eigenvalue weighted by atomic mass is 10.2. The van der Waals surface area contributed by atoms with E-state index in [9.17, 15) is 0 Å². The van der Waals surface area contributed by atoms with Gasteiger partial charge in [0.1, 0.15) is 11.8 Å².